The van der Waals surface area contributed by atoms with E-state index in [9.17, 15) is 13.2 Å². The average Bonchev–Trinajstić information content (AvgIpc) is 2.87. The van der Waals surface area contributed by atoms with E-state index in [1.165, 1.54) is 11.6 Å². The fourth-order valence-electron chi connectivity index (χ4n) is 4.09. The van der Waals surface area contributed by atoms with E-state index in [2.05, 4.69) is 30.5 Å². The lowest BCUT2D eigenvalue weighted by molar-refractivity contribution is -0.137. The van der Waals surface area contributed by atoms with Crippen LogP contribution in [0.4, 0.5) is 13.2 Å². The lowest BCUT2D eigenvalue weighted by atomic mass is 10.1. The molecule has 0 saturated heterocycles. The molecule has 3 nitrogen and oxygen atoms in total. The Hall–Kier alpha value is -2.96. The van der Waals surface area contributed by atoms with E-state index < -0.39 is 11.7 Å². The molecule has 0 N–H and O–H groups in total. The van der Waals surface area contributed by atoms with Crippen molar-refractivity contribution in [3.63, 3.8) is 0 Å². The van der Waals surface area contributed by atoms with Crippen molar-refractivity contribution in [1.82, 2.24) is 4.90 Å². The molecule has 1 atom stereocenters. The third-order valence-electron chi connectivity index (χ3n) is 6.30. The largest absolute Gasteiger partial charge is 0.501 e. The number of benzene rings is 3. The van der Waals surface area contributed by atoms with Gasteiger partial charge in [-0.1, -0.05) is 72.8 Å². The second-order valence-corrected chi connectivity index (χ2v) is 9.41. The Kier molecular flexibility index (Phi) is 10.5. The highest BCUT2D eigenvalue weighted by Gasteiger charge is 2.34. The van der Waals surface area contributed by atoms with Gasteiger partial charge in [0.2, 0.25) is 0 Å². The third kappa shape index (κ3) is 8.83. The Labute approximate surface area is 222 Å². The fourth-order valence-corrected chi connectivity index (χ4v) is 4.38. The fraction of sp³-hybridized carbons (Fsp3) is 0.333. The summed E-state index contributed by atoms with van der Waals surface area (Å²) in [5, 5.41) is -0.238. The zero-order chi connectivity index (χ0) is 26.8. The minimum absolute atomic E-state index is 0.0470. The van der Waals surface area contributed by atoms with E-state index in [1.807, 2.05) is 42.5 Å². The van der Waals surface area contributed by atoms with Gasteiger partial charge in [-0.3, -0.25) is 4.90 Å². The summed E-state index contributed by atoms with van der Waals surface area (Å²) in [6.07, 6.45) is -2.42. The summed E-state index contributed by atoms with van der Waals surface area (Å²) in [4.78, 5) is 2.16. The van der Waals surface area contributed by atoms with E-state index in [1.54, 1.807) is 13.2 Å². The molecule has 0 fully saturated rings. The van der Waals surface area contributed by atoms with Crippen LogP contribution in [0.1, 0.15) is 35.6 Å². The molecule has 7 heteroatoms. The normalized spacial score (nSPS) is 12.4. The molecule has 0 saturated carbocycles. The average molecular weight is 532 g/mol. The number of rotatable bonds is 13. The van der Waals surface area contributed by atoms with Crippen molar-refractivity contribution in [2.24, 2.45) is 0 Å². The predicted octanol–water partition coefficient (Wildman–Crippen LogP) is 7.96. The maximum Gasteiger partial charge on any atom is 0.417 e. The summed E-state index contributed by atoms with van der Waals surface area (Å²) in [5.74, 6) is 1.43. The number of alkyl halides is 3. The first-order valence-corrected chi connectivity index (χ1v) is 12.6. The highest BCUT2D eigenvalue weighted by Crippen LogP contribution is 2.36. The smallest absolute Gasteiger partial charge is 0.417 e. The van der Waals surface area contributed by atoms with Gasteiger partial charge in [0, 0.05) is 25.6 Å². The van der Waals surface area contributed by atoms with Crippen LogP contribution in [0.25, 0.3) is 0 Å². The van der Waals surface area contributed by atoms with Gasteiger partial charge in [-0.15, -0.1) is 0 Å². The Morgan fingerprint density at radius 1 is 1.00 bits per heavy atom. The molecule has 0 heterocycles. The van der Waals surface area contributed by atoms with Gasteiger partial charge in [0.1, 0.15) is 5.75 Å². The first-order valence-electron chi connectivity index (χ1n) is 12.2. The second kappa shape index (κ2) is 13.5. The molecular weight excluding hydrogens is 499 g/mol. The molecule has 198 valence electrons. The monoisotopic (exact) mass is 531 g/mol. The summed E-state index contributed by atoms with van der Waals surface area (Å²) in [7, 11) is 1.60. The molecule has 0 aromatic heterocycles. The maximum atomic E-state index is 13.4. The van der Waals surface area contributed by atoms with Crippen molar-refractivity contribution in [2.45, 2.75) is 44.9 Å². The molecule has 37 heavy (non-hydrogen) atoms. The lowest BCUT2D eigenvalue weighted by Crippen LogP contribution is -2.35. The van der Waals surface area contributed by atoms with Crippen LogP contribution in [0.15, 0.2) is 85.1 Å². The lowest BCUT2D eigenvalue weighted by Gasteiger charge is -2.30. The van der Waals surface area contributed by atoms with Crippen molar-refractivity contribution < 1.29 is 22.6 Å². The van der Waals surface area contributed by atoms with Gasteiger partial charge in [0.25, 0.3) is 0 Å². The van der Waals surface area contributed by atoms with E-state index in [0.29, 0.717) is 43.9 Å². The van der Waals surface area contributed by atoms with Crippen molar-refractivity contribution >= 4 is 11.6 Å². The van der Waals surface area contributed by atoms with Crippen LogP contribution in [-0.2, 0) is 30.3 Å². The molecule has 0 aliphatic rings. The number of hydrogen-bond donors (Lipinski definition) is 0. The van der Waals surface area contributed by atoms with Crippen molar-refractivity contribution in [1.29, 1.82) is 0 Å². The van der Waals surface area contributed by atoms with Crippen LogP contribution in [0, 0.1) is 0 Å². The van der Waals surface area contributed by atoms with E-state index in [-0.39, 0.29) is 11.1 Å². The van der Waals surface area contributed by atoms with Crippen molar-refractivity contribution in [2.75, 3.05) is 20.3 Å². The second-order valence-electron chi connectivity index (χ2n) is 9.04. The van der Waals surface area contributed by atoms with Gasteiger partial charge >= 0.3 is 6.18 Å². The predicted molar refractivity (Wildman–Crippen MR) is 143 cm³/mol. The Balaban J connectivity index is 1.68. The van der Waals surface area contributed by atoms with Gasteiger partial charge in [-0.2, -0.15) is 13.2 Å². The van der Waals surface area contributed by atoms with Gasteiger partial charge in [0.15, 0.2) is 0 Å². The summed E-state index contributed by atoms with van der Waals surface area (Å²) in [6, 6.07) is 22.0. The van der Waals surface area contributed by atoms with Gasteiger partial charge < -0.3 is 9.47 Å². The van der Waals surface area contributed by atoms with E-state index in [4.69, 9.17) is 21.1 Å². The number of allylic oxidation sites excluding steroid dienone is 1. The number of nitrogens with zero attached hydrogens (tertiary/aromatic N) is 1. The minimum Gasteiger partial charge on any atom is -0.501 e. The molecule has 0 aliphatic heterocycles. The SMILES string of the molecule is C=C(Cc1cccc(OCCC(C)N(CCc2ccccc2)Cc2cccc(C(F)(F)F)c2Cl)c1)OC. The van der Waals surface area contributed by atoms with E-state index >= 15 is 0 Å². The van der Waals surface area contributed by atoms with Crippen LogP contribution in [-0.4, -0.2) is 31.2 Å². The highest BCUT2D eigenvalue weighted by atomic mass is 35.5. The Morgan fingerprint density at radius 3 is 2.41 bits per heavy atom. The highest BCUT2D eigenvalue weighted by molar-refractivity contribution is 6.32. The molecule has 0 aliphatic carbocycles. The molecule has 3 aromatic carbocycles. The summed E-state index contributed by atoms with van der Waals surface area (Å²) >= 11 is 6.22. The molecule has 0 amide bonds. The first kappa shape index (κ1) is 28.6. The number of halogens is 4. The zero-order valence-electron chi connectivity index (χ0n) is 21.2. The molecule has 3 rings (SSSR count). The van der Waals surface area contributed by atoms with Crippen LogP contribution in [0.3, 0.4) is 0 Å². The molecular formula is C30H33ClF3NO2. The quantitative estimate of drug-likeness (QED) is 0.209. The van der Waals surface area contributed by atoms with Crippen molar-refractivity contribution in [3.8, 4) is 5.75 Å². The Morgan fingerprint density at radius 2 is 1.70 bits per heavy atom. The third-order valence-corrected chi connectivity index (χ3v) is 6.75. The first-order chi connectivity index (χ1) is 17.7. The maximum absolute atomic E-state index is 13.4. The van der Waals surface area contributed by atoms with Crippen LogP contribution >= 0.6 is 11.6 Å². The summed E-state index contributed by atoms with van der Waals surface area (Å²) < 4.78 is 51.4. The molecule has 0 spiro atoms. The minimum atomic E-state index is -4.49. The molecule has 0 radical (unpaired) electrons. The standard InChI is InChI=1S/C30H33ClF3NO2/c1-22(16-18-37-27-13-7-11-25(20-27)19-23(2)36-3)35(17-15-24-9-5-4-6-10-24)21-26-12-8-14-28(29(26)31)30(32,33)34/h4-14,20,22H,2,15-19,21H2,1,3H3. The molecule has 0 bridgehead atoms. The summed E-state index contributed by atoms with van der Waals surface area (Å²) in [5.41, 5.74) is 1.87. The van der Waals surface area contributed by atoms with Crippen LogP contribution in [0.5, 0.6) is 5.75 Å². The number of hydrogen-bond acceptors (Lipinski definition) is 3. The van der Waals surface area contributed by atoms with Crippen LogP contribution in [0.2, 0.25) is 5.02 Å². The topological polar surface area (TPSA) is 21.7 Å². The Bertz CT molecular complexity index is 1150. The molecule has 1 unspecified atom stereocenters. The van der Waals surface area contributed by atoms with Gasteiger partial charge in [-0.05, 0) is 54.7 Å². The van der Waals surface area contributed by atoms with Crippen molar-refractivity contribution in [3.05, 3.63) is 112 Å². The zero-order valence-corrected chi connectivity index (χ0v) is 22.0. The van der Waals surface area contributed by atoms with Crippen LogP contribution < -0.4 is 4.74 Å². The van der Waals surface area contributed by atoms with E-state index in [0.717, 1.165) is 23.8 Å². The van der Waals surface area contributed by atoms with Gasteiger partial charge in [-0.25, -0.2) is 0 Å². The summed E-state index contributed by atoms with van der Waals surface area (Å²) in [6.45, 7) is 7.38. The number of ether oxygens (including phenoxy) is 2. The van der Waals surface area contributed by atoms with Gasteiger partial charge in [0.05, 0.1) is 30.1 Å². The number of methoxy groups -OCH3 is 1. The molecule has 3 aromatic rings.